The van der Waals surface area contributed by atoms with Crippen LogP contribution in [0.5, 0.6) is 5.75 Å². The average molecular weight is 170 g/mol. The summed E-state index contributed by atoms with van der Waals surface area (Å²) >= 11 is 0. The second-order valence-electron chi connectivity index (χ2n) is 2.36. The van der Waals surface area contributed by atoms with Crippen molar-refractivity contribution in [3.63, 3.8) is 0 Å². The lowest BCUT2D eigenvalue weighted by Gasteiger charge is -2.04. The zero-order valence-corrected chi connectivity index (χ0v) is 7.63. The van der Waals surface area contributed by atoms with Gasteiger partial charge in [-0.25, -0.2) is 0 Å². The second kappa shape index (κ2) is 3.59. The number of aryl methyl sites for hydroxylation is 1. The molecule has 1 rings (SSSR count). The lowest BCUT2D eigenvalue weighted by atomic mass is 10.2. The Morgan fingerprint density at radius 2 is 2.00 bits per heavy atom. The molecule has 1 atom stereocenters. The quantitative estimate of drug-likeness (QED) is 0.637. The predicted molar refractivity (Wildman–Crippen MR) is 46.7 cm³/mol. The number of rotatable bonds is 2. The monoisotopic (exact) mass is 170 g/mol. The van der Waals surface area contributed by atoms with Crippen LogP contribution in [0.1, 0.15) is 5.56 Å². The van der Waals surface area contributed by atoms with Crippen LogP contribution in [0, 0.1) is 6.92 Å². The van der Waals surface area contributed by atoms with Crippen LogP contribution in [0.25, 0.3) is 0 Å². The van der Waals surface area contributed by atoms with E-state index in [0.717, 1.165) is 11.3 Å². The Morgan fingerprint density at radius 3 is 2.55 bits per heavy atom. The summed E-state index contributed by atoms with van der Waals surface area (Å²) in [5.41, 5.74) is 1.02. The smallest absolute Gasteiger partial charge is 0.233 e. The van der Waals surface area contributed by atoms with Crippen LogP contribution in [0.2, 0.25) is 0 Å². The minimum absolute atomic E-state index is 0.721. The summed E-state index contributed by atoms with van der Waals surface area (Å²) in [6.45, 7) is 3.51. The van der Waals surface area contributed by atoms with E-state index in [0.29, 0.717) is 0 Å². The normalized spacial score (nSPS) is 12.5. The van der Waals surface area contributed by atoms with Gasteiger partial charge in [-0.15, -0.1) is 0 Å². The molecule has 0 radical (unpaired) electrons. The Hall–Kier alpha value is -0.750. The molecule has 0 amide bonds. The highest BCUT2D eigenvalue weighted by molar-refractivity contribution is 7.38. The highest BCUT2D eigenvalue weighted by Crippen LogP contribution is 2.25. The second-order valence-corrected chi connectivity index (χ2v) is 3.55. The summed E-state index contributed by atoms with van der Waals surface area (Å²) in [6.07, 6.45) is 0. The van der Waals surface area contributed by atoms with Crippen molar-refractivity contribution < 1.29 is 9.09 Å². The SMILES string of the molecule is Cc1ccccc1O[PH](C)=O. The standard InChI is InChI=1S/C8H11O2P/c1-7-5-3-4-6-8(7)10-11(2)9/h3-6,11H,1-2H3. The summed E-state index contributed by atoms with van der Waals surface area (Å²) < 4.78 is 15.8. The van der Waals surface area contributed by atoms with Gasteiger partial charge in [-0.2, -0.15) is 0 Å². The molecule has 11 heavy (non-hydrogen) atoms. The molecule has 0 spiro atoms. The minimum Gasteiger partial charge on any atom is -0.445 e. The molecule has 3 heteroatoms. The highest BCUT2D eigenvalue weighted by Gasteiger charge is 1.97. The molecular formula is C8H11O2P. The van der Waals surface area contributed by atoms with E-state index in [1.165, 1.54) is 0 Å². The molecule has 1 aromatic carbocycles. The molecule has 0 heterocycles. The molecular weight excluding hydrogens is 159 g/mol. The van der Waals surface area contributed by atoms with E-state index in [2.05, 4.69) is 0 Å². The Kier molecular flexibility index (Phi) is 2.72. The van der Waals surface area contributed by atoms with Crippen molar-refractivity contribution in [3.05, 3.63) is 29.8 Å². The molecule has 1 unspecified atom stereocenters. The molecule has 0 aliphatic rings. The maximum atomic E-state index is 10.7. The Balaban J connectivity index is 2.86. The first kappa shape index (κ1) is 8.35. The van der Waals surface area contributed by atoms with E-state index in [-0.39, 0.29) is 0 Å². The van der Waals surface area contributed by atoms with Gasteiger partial charge in [0.15, 0.2) is 0 Å². The van der Waals surface area contributed by atoms with Crippen molar-refractivity contribution in [1.29, 1.82) is 0 Å². The third-order valence-electron chi connectivity index (χ3n) is 1.35. The van der Waals surface area contributed by atoms with Gasteiger partial charge in [0.05, 0.1) is 0 Å². The van der Waals surface area contributed by atoms with E-state index < -0.39 is 8.03 Å². The van der Waals surface area contributed by atoms with Crippen molar-refractivity contribution in [2.24, 2.45) is 0 Å². The largest absolute Gasteiger partial charge is 0.445 e. The first-order chi connectivity index (χ1) is 5.20. The Morgan fingerprint density at radius 1 is 1.36 bits per heavy atom. The van der Waals surface area contributed by atoms with Gasteiger partial charge in [-0.1, -0.05) is 18.2 Å². The highest BCUT2D eigenvalue weighted by atomic mass is 31.1. The number of hydrogen-bond donors (Lipinski definition) is 0. The topological polar surface area (TPSA) is 26.3 Å². The number of para-hydroxylation sites is 1. The summed E-state index contributed by atoms with van der Waals surface area (Å²) in [4.78, 5) is 0. The fourth-order valence-electron chi connectivity index (χ4n) is 0.826. The molecule has 0 aliphatic heterocycles. The van der Waals surface area contributed by atoms with Crippen molar-refractivity contribution in [2.75, 3.05) is 6.66 Å². The van der Waals surface area contributed by atoms with Gasteiger partial charge in [0.1, 0.15) is 5.75 Å². The van der Waals surface area contributed by atoms with Crippen LogP contribution in [-0.2, 0) is 4.57 Å². The molecule has 0 bridgehead atoms. The van der Waals surface area contributed by atoms with Gasteiger partial charge in [0, 0.05) is 6.66 Å². The maximum absolute atomic E-state index is 10.7. The van der Waals surface area contributed by atoms with E-state index in [1.807, 2.05) is 31.2 Å². The zero-order valence-electron chi connectivity index (χ0n) is 6.63. The fraction of sp³-hybridized carbons (Fsp3) is 0.250. The van der Waals surface area contributed by atoms with E-state index >= 15 is 0 Å². The molecule has 60 valence electrons. The van der Waals surface area contributed by atoms with Crippen molar-refractivity contribution in [1.82, 2.24) is 0 Å². The molecule has 0 saturated carbocycles. The molecule has 2 nitrogen and oxygen atoms in total. The van der Waals surface area contributed by atoms with E-state index in [9.17, 15) is 4.57 Å². The third kappa shape index (κ3) is 2.39. The van der Waals surface area contributed by atoms with Crippen LogP contribution in [0.4, 0.5) is 0 Å². The molecule has 0 N–H and O–H groups in total. The lowest BCUT2D eigenvalue weighted by molar-refractivity contribution is 0.509. The number of hydrogen-bond acceptors (Lipinski definition) is 2. The van der Waals surface area contributed by atoms with Gasteiger partial charge >= 0.3 is 0 Å². The first-order valence-electron chi connectivity index (χ1n) is 3.44. The van der Waals surface area contributed by atoms with E-state index in [1.54, 1.807) is 6.66 Å². The van der Waals surface area contributed by atoms with Gasteiger partial charge in [-0.05, 0) is 18.6 Å². The Labute approximate surface area is 67.1 Å². The van der Waals surface area contributed by atoms with Crippen LogP contribution in [0.15, 0.2) is 24.3 Å². The lowest BCUT2D eigenvalue weighted by Crippen LogP contribution is -1.82. The van der Waals surface area contributed by atoms with Crippen LogP contribution in [0.3, 0.4) is 0 Å². The van der Waals surface area contributed by atoms with Crippen LogP contribution in [-0.4, -0.2) is 6.66 Å². The average Bonchev–Trinajstić information content (AvgIpc) is 1.93. The van der Waals surface area contributed by atoms with Crippen molar-refractivity contribution in [2.45, 2.75) is 6.92 Å². The molecule has 0 fully saturated rings. The van der Waals surface area contributed by atoms with Crippen molar-refractivity contribution >= 4 is 8.03 Å². The predicted octanol–water partition coefficient (Wildman–Crippen LogP) is 2.48. The molecule has 0 aliphatic carbocycles. The summed E-state index contributed by atoms with van der Waals surface area (Å²) in [6, 6.07) is 7.55. The fourth-order valence-corrected chi connectivity index (χ4v) is 1.36. The summed E-state index contributed by atoms with van der Waals surface area (Å²) in [5.74, 6) is 0.721. The first-order valence-corrected chi connectivity index (χ1v) is 5.26. The summed E-state index contributed by atoms with van der Waals surface area (Å²) in [5, 5.41) is 0. The Bertz CT molecular complexity index is 271. The maximum Gasteiger partial charge on any atom is 0.233 e. The van der Waals surface area contributed by atoms with Gasteiger partial charge in [0.2, 0.25) is 8.03 Å². The van der Waals surface area contributed by atoms with Gasteiger partial charge in [0.25, 0.3) is 0 Å². The van der Waals surface area contributed by atoms with Gasteiger partial charge in [-0.3, -0.25) is 4.57 Å². The van der Waals surface area contributed by atoms with Crippen molar-refractivity contribution in [3.8, 4) is 5.75 Å². The molecule has 1 aromatic rings. The zero-order chi connectivity index (χ0) is 8.27. The van der Waals surface area contributed by atoms with Crippen LogP contribution < -0.4 is 4.52 Å². The van der Waals surface area contributed by atoms with Crippen LogP contribution >= 0.6 is 8.03 Å². The summed E-state index contributed by atoms with van der Waals surface area (Å²) in [7, 11) is -1.86. The molecule has 0 aromatic heterocycles. The minimum atomic E-state index is -1.86. The van der Waals surface area contributed by atoms with E-state index in [4.69, 9.17) is 4.52 Å². The molecule has 0 saturated heterocycles. The number of benzene rings is 1. The van der Waals surface area contributed by atoms with Gasteiger partial charge < -0.3 is 4.52 Å². The third-order valence-corrected chi connectivity index (χ3v) is 1.85.